The first-order valence-corrected chi connectivity index (χ1v) is 5.06. The summed E-state index contributed by atoms with van der Waals surface area (Å²) in [6, 6.07) is 3.38. The van der Waals surface area contributed by atoms with E-state index in [0.717, 1.165) is 4.88 Å². The zero-order valence-electron chi connectivity index (χ0n) is 7.53. The lowest BCUT2D eigenvalue weighted by molar-refractivity contribution is -0.144. The van der Waals surface area contributed by atoms with Crippen molar-refractivity contribution in [2.24, 2.45) is 5.73 Å². The molecule has 0 saturated carbocycles. The summed E-state index contributed by atoms with van der Waals surface area (Å²) in [5, 5.41) is 1.97. The van der Waals surface area contributed by atoms with Gasteiger partial charge in [-0.1, -0.05) is 6.07 Å². The number of nitrogens with two attached hydrogens (primary N) is 1. The van der Waals surface area contributed by atoms with E-state index in [1.54, 1.807) is 18.3 Å². The van der Waals surface area contributed by atoms with Crippen molar-refractivity contribution in [3.05, 3.63) is 22.4 Å². The van der Waals surface area contributed by atoms with Crippen LogP contribution in [0.2, 0.25) is 0 Å². The standard InChI is InChI=1S/C9H13NO2S/c1-2-12-9(11)8(10)6-7-4-3-5-13-7/h3-5,8H,2,6,10H2,1H3/t8-/m0/s1. The second-order valence-corrected chi connectivity index (χ2v) is 3.67. The fourth-order valence-corrected chi connectivity index (χ4v) is 1.74. The van der Waals surface area contributed by atoms with Crippen molar-refractivity contribution >= 4 is 17.3 Å². The third-order valence-electron chi connectivity index (χ3n) is 1.59. The maximum atomic E-state index is 11.1. The van der Waals surface area contributed by atoms with Crippen molar-refractivity contribution in [1.29, 1.82) is 0 Å². The number of hydrogen-bond donors (Lipinski definition) is 1. The van der Waals surface area contributed by atoms with E-state index in [0.29, 0.717) is 13.0 Å². The second-order valence-electron chi connectivity index (χ2n) is 2.64. The SMILES string of the molecule is CCOC(=O)[C@@H](N)Cc1cccs1. The molecule has 1 rings (SSSR count). The van der Waals surface area contributed by atoms with Crippen LogP contribution in [0.15, 0.2) is 17.5 Å². The molecular formula is C9H13NO2S. The summed E-state index contributed by atoms with van der Waals surface area (Å²) in [6.07, 6.45) is 0.566. The summed E-state index contributed by atoms with van der Waals surface area (Å²) in [5.41, 5.74) is 5.63. The Morgan fingerprint density at radius 2 is 2.54 bits per heavy atom. The van der Waals surface area contributed by atoms with Gasteiger partial charge in [-0.15, -0.1) is 11.3 Å². The van der Waals surface area contributed by atoms with E-state index >= 15 is 0 Å². The van der Waals surface area contributed by atoms with Gasteiger partial charge in [0, 0.05) is 11.3 Å². The molecule has 0 aromatic carbocycles. The van der Waals surface area contributed by atoms with Crippen molar-refractivity contribution in [3.8, 4) is 0 Å². The van der Waals surface area contributed by atoms with Crippen LogP contribution in [0.1, 0.15) is 11.8 Å². The Morgan fingerprint density at radius 3 is 3.08 bits per heavy atom. The van der Waals surface area contributed by atoms with Crippen LogP contribution in [0.5, 0.6) is 0 Å². The van der Waals surface area contributed by atoms with Gasteiger partial charge in [-0.25, -0.2) is 0 Å². The number of esters is 1. The van der Waals surface area contributed by atoms with Crippen LogP contribution in [0.3, 0.4) is 0 Å². The number of hydrogen-bond acceptors (Lipinski definition) is 4. The summed E-state index contributed by atoms with van der Waals surface area (Å²) < 4.78 is 4.79. The van der Waals surface area contributed by atoms with E-state index in [2.05, 4.69) is 0 Å². The molecule has 0 saturated heterocycles. The van der Waals surface area contributed by atoms with E-state index in [1.807, 2.05) is 17.5 Å². The molecule has 1 aromatic rings. The molecule has 1 aromatic heterocycles. The van der Waals surface area contributed by atoms with Gasteiger partial charge in [-0.2, -0.15) is 0 Å². The average Bonchev–Trinajstić information content (AvgIpc) is 2.57. The molecule has 0 unspecified atom stereocenters. The summed E-state index contributed by atoms with van der Waals surface area (Å²) in [6.45, 7) is 2.16. The number of ether oxygens (including phenoxy) is 1. The van der Waals surface area contributed by atoms with Gasteiger partial charge in [0.25, 0.3) is 0 Å². The van der Waals surface area contributed by atoms with Crippen molar-refractivity contribution in [2.75, 3.05) is 6.61 Å². The molecule has 72 valence electrons. The molecule has 2 N–H and O–H groups in total. The van der Waals surface area contributed by atoms with Crippen molar-refractivity contribution < 1.29 is 9.53 Å². The highest BCUT2D eigenvalue weighted by Crippen LogP contribution is 2.10. The van der Waals surface area contributed by atoms with E-state index in [1.165, 1.54) is 0 Å². The fourth-order valence-electron chi connectivity index (χ4n) is 0.978. The van der Waals surface area contributed by atoms with Gasteiger partial charge in [0.1, 0.15) is 6.04 Å². The van der Waals surface area contributed by atoms with Crippen LogP contribution in [0, 0.1) is 0 Å². The molecule has 0 bridgehead atoms. The second kappa shape index (κ2) is 4.99. The number of rotatable bonds is 4. The quantitative estimate of drug-likeness (QED) is 0.741. The summed E-state index contributed by atoms with van der Waals surface area (Å²) in [4.78, 5) is 12.2. The molecule has 0 aliphatic rings. The molecule has 0 spiro atoms. The zero-order chi connectivity index (χ0) is 9.68. The lowest BCUT2D eigenvalue weighted by Crippen LogP contribution is -2.34. The van der Waals surface area contributed by atoms with Crippen LogP contribution in [-0.4, -0.2) is 18.6 Å². The van der Waals surface area contributed by atoms with E-state index in [9.17, 15) is 4.79 Å². The minimum Gasteiger partial charge on any atom is -0.465 e. The van der Waals surface area contributed by atoms with Crippen LogP contribution in [0.25, 0.3) is 0 Å². The topological polar surface area (TPSA) is 52.3 Å². The monoisotopic (exact) mass is 199 g/mol. The van der Waals surface area contributed by atoms with Gasteiger partial charge in [0.2, 0.25) is 0 Å². The predicted molar refractivity (Wildman–Crippen MR) is 52.6 cm³/mol. The number of carbonyl (C=O) groups excluding carboxylic acids is 1. The Hall–Kier alpha value is -0.870. The normalized spacial score (nSPS) is 12.5. The Bertz CT molecular complexity index is 259. The van der Waals surface area contributed by atoms with Gasteiger partial charge in [-0.3, -0.25) is 4.79 Å². The minimum atomic E-state index is -0.529. The molecule has 0 aliphatic carbocycles. The first kappa shape index (κ1) is 10.2. The number of carbonyl (C=O) groups is 1. The Kier molecular flexibility index (Phi) is 3.92. The molecule has 1 heterocycles. The highest BCUT2D eigenvalue weighted by Gasteiger charge is 2.14. The largest absolute Gasteiger partial charge is 0.465 e. The molecule has 0 radical (unpaired) electrons. The third kappa shape index (κ3) is 3.16. The molecule has 4 heteroatoms. The number of thiophene rings is 1. The maximum absolute atomic E-state index is 11.1. The Labute approximate surface area is 81.5 Å². The molecule has 13 heavy (non-hydrogen) atoms. The first-order valence-electron chi connectivity index (χ1n) is 4.18. The van der Waals surface area contributed by atoms with Gasteiger partial charge in [-0.05, 0) is 18.4 Å². The maximum Gasteiger partial charge on any atom is 0.323 e. The highest BCUT2D eigenvalue weighted by molar-refractivity contribution is 7.09. The predicted octanol–water partition coefficient (Wildman–Crippen LogP) is 1.18. The molecule has 0 aliphatic heterocycles. The molecule has 1 atom stereocenters. The lowest BCUT2D eigenvalue weighted by Gasteiger charge is -2.08. The lowest BCUT2D eigenvalue weighted by atomic mass is 10.2. The van der Waals surface area contributed by atoms with E-state index in [-0.39, 0.29) is 5.97 Å². The summed E-state index contributed by atoms with van der Waals surface area (Å²) in [5.74, 6) is -0.323. The molecule has 0 amide bonds. The van der Waals surface area contributed by atoms with Crippen molar-refractivity contribution in [2.45, 2.75) is 19.4 Å². The van der Waals surface area contributed by atoms with E-state index in [4.69, 9.17) is 10.5 Å². The average molecular weight is 199 g/mol. The van der Waals surface area contributed by atoms with Crippen LogP contribution in [-0.2, 0) is 16.0 Å². The van der Waals surface area contributed by atoms with Gasteiger partial charge in [0.05, 0.1) is 6.61 Å². The van der Waals surface area contributed by atoms with Crippen LogP contribution >= 0.6 is 11.3 Å². The zero-order valence-corrected chi connectivity index (χ0v) is 8.34. The first-order chi connectivity index (χ1) is 6.24. The van der Waals surface area contributed by atoms with Gasteiger partial charge < -0.3 is 10.5 Å². The Morgan fingerprint density at radius 1 is 1.77 bits per heavy atom. The molecule has 0 fully saturated rings. The van der Waals surface area contributed by atoms with E-state index < -0.39 is 6.04 Å². The summed E-state index contributed by atoms with van der Waals surface area (Å²) in [7, 11) is 0. The minimum absolute atomic E-state index is 0.323. The smallest absolute Gasteiger partial charge is 0.323 e. The fraction of sp³-hybridized carbons (Fsp3) is 0.444. The Balaban J connectivity index is 2.41. The molecular weight excluding hydrogens is 186 g/mol. The highest BCUT2D eigenvalue weighted by atomic mass is 32.1. The van der Waals surface area contributed by atoms with Crippen LogP contribution in [0.4, 0.5) is 0 Å². The summed E-state index contributed by atoms with van der Waals surface area (Å²) >= 11 is 1.60. The van der Waals surface area contributed by atoms with Crippen LogP contribution < -0.4 is 5.73 Å². The van der Waals surface area contributed by atoms with Gasteiger partial charge >= 0.3 is 5.97 Å². The van der Waals surface area contributed by atoms with Crippen molar-refractivity contribution in [3.63, 3.8) is 0 Å². The molecule has 3 nitrogen and oxygen atoms in total. The van der Waals surface area contributed by atoms with Gasteiger partial charge in [0.15, 0.2) is 0 Å². The van der Waals surface area contributed by atoms with Crippen molar-refractivity contribution in [1.82, 2.24) is 0 Å². The third-order valence-corrected chi connectivity index (χ3v) is 2.49.